The number of piperidine rings is 1. The van der Waals surface area contributed by atoms with Crippen LogP contribution in [0.4, 0.5) is 0 Å². The lowest BCUT2D eigenvalue weighted by Gasteiger charge is -2.39. The normalized spacial score (nSPS) is 24.1. The van der Waals surface area contributed by atoms with Crippen LogP contribution in [-0.4, -0.2) is 84.4 Å². The van der Waals surface area contributed by atoms with Crippen molar-refractivity contribution >= 4 is 23.2 Å². The highest BCUT2D eigenvalue weighted by Crippen LogP contribution is 2.21. The second kappa shape index (κ2) is 9.89. The molecule has 3 heterocycles. The fraction of sp³-hybridized carbons (Fsp3) is 0.762. The summed E-state index contributed by atoms with van der Waals surface area (Å²) >= 11 is 1.74. The van der Waals surface area contributed by atoms with E-state index >= 15 is 0 Å². The molecule has 162 valence electrons. The summed E-state index contributed by atoms with van der Waals surface area (Å²) in [6.45, 7) is 15.3. The molecule has 1 N–H and O–H groups in total. The lowest BCUT2D eigenvalue weighted by atomic mass is 9.92. The van der Waals surface area contributed by atoms with Crippen LogP contribution >= 0.6 is 11.3 Å². The van der Waals surface area contributed by atoms with E-state index in [4.69, 9.17) is 0 Å². The van der Waals surface area contributed by atoms with Gasteiger partial charge in [-0.15, -0.1) is 11.3 Å². The lowest BCUT2D eigenvalue weighted by molar-refractivity contribution is -0.135. The summed E-state index contributed by atoms with van der Waals surface area (Å²) in [7, 11) is 1.84. The summed E-state index contributed by atoms with van der Waals surface area (Å²) in [6.07, 6.45) is 1.23. The standard InChI is InChI=1S/C21H36N6OS/c1-15-10-16(2)13-27(12-15)20(28)14-25-6-8-26(9-7-25)21(22-5)23-11-19-17(3)24-18(4)29-19/h15-16H,6-14H2,1-5H3,(H,22,23). The predicted molar refractivity (Wildman–Crippen MR) is 119 cm³/mol. The van der Waals surface area contributed by atoms with Crippen LogP contribution in [0, 0.1) is 25.7 Å². The predicted octanol–water partition coefficient (Wildman–Crippen LogP) is 1.96. The van der Waals surface area contributed by atoms with Gasteiger partial charge in [0.2, 0.25) is 5.91 Å². The van der Waals surface area contributed by atoms with Gasteiger partial charge in [0.05, 0.1) is 23.8 Å². The maximum Gasteiger partial charge on any atom is 0.236 e. The molecule has 8 heteroatoms. The van der Waals surface area contributed by atoms with E-state index in [9.17, 15) is 4.79 Å². The van der Waals surface area contributed by atoms with E-state index < -0.39 is 0 Å². The zero-order valence-corrected chi connectivity index (χ0v) is 19.4. The van der Waals surface area contributed by atoms with Crippen molar-refractivity contribution in [2.75, 3.05) is 52.9 Å². The second-order valence-corrected chi connectivity index (χ2v) is 9.94. The van der Waals surface area contributed by atoms with Gasteiger partial charge in [0.15, 0.2) is 5.96 Å². The molecule has 3 rings (SSSR count). The topological polar surface area (TPSA) is 64.1 Å². The number of aliphatic imine (C=N–C) groups is 1. The van der Waals surface area contributed by atoms with Gasteiger partial charge in [0.25, 0.3) is 0 Å². The number of piperazine rings is 1. The Labute approximate surface area is 179 Å². The number of likely N-dealkylation sites (tertiary alicyclic amines) is 1. The van der Waals surface area contributed by atoms with E-state index in [0.717, 1.165) is 62.5 Å². The first kappa shape index (κ1) is 22.0. The Morgan fingerprint density at radius 1 is 1.14 bits per heavy atom. The second-order valence-electron chi connectivity index (χ2n) is 8.65. The summed E-state index contributed by atoms with van der Waals surface area (Å²) in [6, 6.07) is 0. The van der Waals surface area contributed by atoms with Gasteiger partial charge in [-0.2, -0.15) is 0 Å². The Balaban J connectivity index is 1.45. The SMILES string of the molecule is CN=C(NCc1sc(C)nc1C)N1CCN(CC(=O)N2CC(C)CC(C)C2)CC1. The summed E-state index contributed by atoms with van der Waals surface area (Å²) < 4.78 is 0. The van der Waals surface area contributed by atoms with Crippen LogP contribution in [0.3, 0.4) is 0 Å². The molecule has 2 aliphatic heterocycles. The van der Waals surface area contributed by atoms with E-state index in [0.29, 0.717) is 18.4 Å². The molecule has 1 aromatic rings. The summed E-state index contributed by atoms with van der Waals surface area (Å²) in [5.41, 5.74) is 1.10. The minimum Gasteiger partial charge on any atom is -0.351 e. The minimum atomic E-state index is 0.287. The molecule has 2 saturated heterocycles. The molecule has 7 nitrogen and oxygen atoms in total. The third-order valence-corrected chi connectivity index (χ3v) is 6.94. The zero-order chi connectivity index (χ0) is 21.0. The summed E-state index contributed by atoms with van der Waals surface area (Å²) in [5, 5.41) is 4.58. The molecule has 1 amide bonds. The number of carbonyl (C=O) groups excluding carboxylic acids is 1. The van der Waals surface area contributed by atoms with Gasteiger partial charge in [-0.3, -0.25) is 14.7 Å². The molecule has 2 unspecified atom stereocenters. The first-order chi connectivity index (χ1) is 13.9. The average Bonchev–Trinajstić information content (AvgIpc) is 3.00. The Hall–Kier alpha value is -1.67. The van der Waals surface area contributed by atoms with E-state index in [-0.39, 0.29) is 5.91 Å². The highest BCUT2D eigenvalue weighted by atomic mass is 32.1. The number of nitrogens with zero attached hydrogens (tertiary/aromatic N) is 5. The molecule has 0 aliphatic carbocycles. The van der Waals surface area contributed by atoms with Gasteiger partial charge in [-0.25, -0.2) is 4.98 Å². The van der Waals surface area contributed by atoms with Crippen molar-refractivity contribution in [3.05, 3.63) is 15.6 Å². The van der Waals surface area contributed by atoms with Crippen molar-refractivity contribution in [3.63, 3.8) is 0 Å². The summed E-state index contributed by atoms with van der Waals surface area (Å²) in [4.78, 5) is 29.6. The maximum atomic E-state index is 12.8. The van der Waals surface area contributed by atoms with Crippen molar-refractivity contribution < 1.29 is 4.79 Å². The van der Waals surface area contributed by atoms with Crippen molar-refractivity contribution in [2.24, 2.45) is 16.8 Å². The molecule has 0 radical (unpaired) electrons. The monoisotopic (exact) mass is 420 g/mol. The number of aromatic nitrogens is 1. The molecular weight excluding hydrogens is 384 g/mol. The number of aryl methyl sites for hydroxylation is 2. The molecule has 2 aliphatic rings. The van der Waals surface area contributed by atoms with Crippen molar-refractivity contribution in [2.45, 2.75) is 40.7 Å². The van der Waals surface area contributed by atoms with Crippen LogP contribution < -0.4 is 5.32 Å². The number of amides is 1. The van der Waals surface area contributed by atoms with Crippen LogP contribution in [0.2, 0.25) is 0 Å². The van der Waals surface area contributed by atoms with Gasteiger partial charge in [-0.05, 0) is 32.1 Å². The molecule has 29 heavy (non-hydrogen) atoms. The van der Waals surface area contributed by atoms with Crippen molar-refractivity contribution in [3.8, 4) is 0 Å². The Morgan fingerprint density at radius 3 is 2.34 bits per heavy atom. The number of carbonyl (C=O) groups is 1. The zero-order valence-electron chi connectivity index (χ0n) is 18.6. The van der Waals surface area contributed by atoms with Crippen LogP contribution in [0.25, 0.3) is 0 Å². The Kier molecular flexibility index (Phi) is 7.51. The number of thiazole rings is 1. The van der Waals surface area contributed by atoms with Crippen LogP contribution in [0.1, 0.15) is 35.8 Å². The van der Waals surface area contributed by atoms with Crippen LogP contribution in [0.5, 0.6) is 0 Å². The number of nitrogens with one attached hydrogen (secondary N) is 1. The highest BCUT2D eigenvalue weighted by Gasteiger charge is 2.28. The van der Waals surface area contributed by atoms with Gasteiger partial charge in [0, 0.05) is 51.2 Å². The number of hydrogen-bond acceptors (Lipinski definition) is 5. The fourth-order valence-corrected chi connectivity index (χ4v) is 5.38. The summed E-state index contributed by atoms with van der Waals surface area (Å²) in [5.74, 6) is 2.44. The largest absolute Gasteiger partial charge is 0.351 e. The smallest absolute Gasteiger partial charge is 0.236 e. The molecule has 2 fully saturated rings. The van der Waals surface area contributed by atoms with Gasteiger partial charge >= 0.3 is 0 Å². The van der Waals surface area contributed by atoms with Crippen molar-refractivity contribution in [1.29, 1.82) is 0 Å². The Morgan fingerprint density at radius 2 is 1.79 bits per heavy atom. The van der Waals surface area contributed by atoms with Crippen LogP contribution in [-0.2, 0) is 11.3 Å². The first-order valence-electron chi connectivity index (χ1n) is 10.7. The Bertz CT molecular complexity index is 715. The molecule has 2 atom stereocenters. The van der Waals surface area contributed by atoms with Gasteiger partial charge < -0.3 is 15.1 Å². The number of rotatable bonds is 4. The van der Waals surface area contributed by atoms with E-state index in [2.05, 4.69) is 50.8 Å². The first-order valence-corrected chi connectivity index (χ1v) is 11.6. The van der Waals surface area contributed by atoms with Gasteiger partial charge in [-0.1, -0.05) is 13.8 Å². The molecule has 0 aromatic carbocycles. The third-order valence-electron chi connectivity index (χ3n) is 5.87. The average molecular weight is 421 g/mol. The van der Waals surface area contributed by atoms with E-state index in [1.807, 2.05) is 14.0 Å². The van der Waals surface area contributed by atoms with Crippen LogP contribution in [0.15, 0.2) is 4.99 Å². The quantitative estimate of drug-likeness (QED) is 0.596. The van der Waals surface area contributed by atoms with Crippen molar-refractivity contribution in [1.82, 2.24) is 25.0 Å². The van der Waals surface area contributed by atoms with E-state index in [1.165, 1.54) is 11.3 Å². The number of guanidine groups is 1. The fourth-order valence-electron chi connectivity index (χ4n) is 4.50. The molecule has 0 saturated carbocycles. The van der Waals surface area contributed by atoms with Gasteiger partial charge in [0.1, 0.15) is 0 Å². The minimum absolute atomic E-state index is 0.287. The number of hydrogen-bond donors (Lipinski definition) is 1. The maximum absolute atomic E-state index is 12.8. The molecule has 1 aromatic heterocycles. The molecular formula is C21H36N6OS. The molecule has 0 bridgehead atoms. The molecule has 0 spiro atoms. The third kappa shape index (κ3) is 5.92. The highest BCUT2D eigenvalue weighted by molar-refractivity contribution is 7.11. The lowest BCUT2D eigenvalue weighted by Crippen LogP contribution is -2.55. The van der Waals surface area contributed by atoms with E-state index in [1.54, 1.807) is 11.3 Å².